The quantitative estimate of drug-likeness (QED) is 0.566. The van der Waals surface area contributed by atoms with Crippen molar-refractivity contribution in [2.45, 2.75) is 44.0 Å². The van der Waals surface area contributed by atoms with Gasteiger partial charge in [0.05, 0.1) is 12.5 Å². The molecule has 0 radical (unpaired) electrons. The highest BCUT2D eigenvalue weighted by atomic mass is 32.4. The van der Waals surface area contributed by atoms with Gasteiger partial charge in [0.1, 0.15) is 0 Å². The van der Waals surface area contributed by atoms with Gasteiger partial charge in [0, 0.05) is 5.25 Å². The average molecular weight is 278 g/mol. The van der Waals surface area contributed by atoms with E-state index in [0.717, 1.165) is 6.42 Å². The first-order valence-corrected chi connectivity index (χ1v) is 10.1. The Balaban J connectivity index is 2.74. The molecular formula is C12H23OPS2. The molecule has 0 aromatic rings. The molecule has 16 heavy (non-hydrogen) atoms. The van der Waals surface area contributed by atoms with Crippen molar-refractivity contribution >= 4 is 30.5 Å². The number of hydrogen-bond donors (Lipinski definition) is 0. The highest BCUT2D eigenvalue weighted by Crippen LogP contribution is 2.46. The Morgan fingerprint density at radius 3 is 2.69 bits per heavy atom. The molecule has 1 fully saturated rings. The van der Waals surface area contributed by atoms with Crippen LogP contribution in [0.3, 0.4) is 0 Å². The highest BCUT2D eigenvalue weighted by molar-refractivity contribution is 8.02. The fourth-order valence-corrected chi connectivity index (χ4v) is 5.13. The maximum atomic E-state index is 6.08. The van der Waals surface area contributed by atoms with Gasteiger partial charge in [0.2, 0.25) is 0 Å². The summed E-state index contributed by atoms with van der Waals surface area (Å²) < 4.78 is 6.08. The van der Waals surface area contributed by atoms with E-state index < -0.39 is 6.92 Å². The van der Waals surface area contributed by atoms with Crippen LogP contribution in [0.2, 0.25) is 0 Å². The molecule has 94 valence electrons. The second-order valence-electron chi connectivity index (χ2n) is 4.95. The van der Waals surface area contributed by atoms with Crippen molar-refractivity contribution in [1.29, 1.82) is 0 Å². The molecule has 0 N–H and O–H groups in total. The van der Waals surface area contributed by atoms with E-state index in [1.54, 1.807) is 0 Å². The molecule has 1 saturated carbocycles. The van der Waals surface area contributed by atoms with Crippen LogP contribution in [0.1, 0.15) is 33.1 Å². The van der Waals surface area contributed by atoms with Gasteiger partial charge in [-0.05, 0) is 51.9 Å². The minimum Gasteiger partial charge on any atom is -0.347 e. The molecule has 1 aliphatic carbocycles. The van der Waals surface area contributed by atoms with Crippen LogP contribution >= 0.6 is 18.7 Å². The molecule has 4 atom stereocenters. The molecule has 0 aliphatic heterocycles. The van der Waals surface area contributed by atoms with Gasteiger partial charge >= 0.3 is 0 Å². The van der Waals surface area contributed by atoms with E-state index in [1.807, 2.05) is 18.4 Å². The Hall–Kier alpha value is 0.700. The zero-order valence-electron chi connectivity index (χ0n) is 10.7. The summed E-state index contributed by atoms with van der Waals surface area (Å²) in [7, 11) is 0. The maximum absolute atomic E-state index is 6.08. The molecule has 0 aromatic carbocycles. The molecular weight excluding hydrogens is 255 g/mol. The van der Waals surface area contributed by atoms with Gasteiger partial charge < -0.3 is 4.52 Å². The average Bonchev–Trinajstić information content (AvgIpc) is 2.16. The van der Waals surface area contributed by atoms with Gasteiger partial charge in [-0.1, -0.05) is 24.0 Å². The van der Waals surface area contributed by atoms with Crippen LogP contribution in [0, 0.1) is 5.92 Å². The SMILES string of the molecule is C=C(C)[C@@H]1CC[C@](C)(O[P@@H](C)=S)[C@@H](SC)C1. The van der Waals surface area contributed by atoms with Gasteiger partial charge in [-0.15, -0.1) is 0 Å². The Morgan fingerprint density at radius 2 is 2.25 bits per heavy atom. The maximum Gasteiger partial charge on any atom is 0.0821 e. The van der Waals surface area contributed by atoms with Crippen molar-refractivity contribution in [3.05, 3.63) is 12.2 Å². The summed E-state index contributed by atoms with van der Waals surface area (Å²) in [5.41, 5.74) is 1.32. The summed E-state index contributed by atoms with van der Waals surface area (Å²) in [5.74, 6) is 0.673. The summed E-state index contributed by atoms with van der Waals surface area (Å²) >= 11 is 7.19. The van der Waals surface area contributed by atoms with Gasteiger partial charge in [-0.3, -0.25) is 0 Å². The highest BCUT2D eigenvalue weighted by Gasteiger charge is 2.40. The van der Waals surface area contributed by atoms with Crippen LogP contribution in [-0.2, 0) is 16.3 Å². The third-order valence-corrected chi connectivity index (χ3v) is 5.79. The van der Waals surface area contributed by atoms with Gasteiger partial charge in [-0.2, -0.15) is 11.8 Å². The minimum absolute atomic E-state index is 0.00381. The van der Waals surface area contributed by atoms with E-state index in [2.05, 4.69) is 26.7 Å². The summed E-state index contributed by atoms with van der Waals surface area (Å²) in [4.78, 5) is 0. The first kappa shape index (κ1) is 14.8. The first-order chi connectivity index (χ1) is 7.39. The van der Waals surface area contributed by atoms with Crippen LogP contribution in [0.4, 0.5) is 0 Å². The van der Waals surface area contributed by atoms with Crippen molar-refractivity contribution < 1.29 is 4.52 Å². The van der Waals surface area contributed by atoms with Crippen LogP contribution in [0.5, 0.6) is 0 Å². The topological polar surface area (TPSA) is 9.23 Å². The van der Waals surface area contributed by atoms with E-state index in [0.29, 0.717) is 11.2 Å². The third kappa shape index (κ3) is 3.60. The van der Waals surface area contributed by atoms with Crippen molar-refractivity contribution in [2.24, 2.45) is 5.92 Å². The van der Waals surface area contributed by atoms with E-state index >= 15 is 0 Å². The molecule has 0 unspecified atom stereocenters. The van der Waals surface area contributed by atoms with Crippen LogP contribution in [0.25, 0.3) is 0 Å². The Kier molecular flexibility index (Phi) is 5.57. The summed E-state index contributed by atoms with van der Waals surface area (Å²) in [6.07, 6.45) is 5.69. The first-order valence-electron chi connectivity index (χ1n) is 5.77. The summed E-state index contributed by atoms with van der Waals surface area (Å²) in [6.45, 7) is 9.50. The normalized spacial score (nSPS) is 37.0. The van der Waals surface area contributed by atoms with E-state index in [1.165, 1.54) is 18.4 Å². The molecule has 0 heterocycles. The fourth-order valence-electron chi connectivity index (χ4n) is 2.49. The van der Waals surface area contributed by atoms with Crippen molar-refractivity contribution in [3.8, 4) is 0 Å². The predicted molar refractivity (Wildman–Crippen MR) is 80.6 cm³/mol. The van der Waals surface area contributed by atoms with Gasteiger partial charge in [0.15, 0.2) is 0 Å². The number of thioether (sulfide) groups is 1. The molecule has 0 amide bonds. The Morgan fingerprint density at radius 1 is 1.62 bits per heavy atom. The third-order valence-electron chi connectivity index (χ3n) is 3.53. The molecule has 0 bridgehead atoms. The lowest BCUT2D eigenvalue weighted by molar-refractivity contribution is 0.0614. The second kappa shape index (κ2) is 6.04. The number of rotatable bonds is 4. The molecule has 1 rings (SSSR count). The molecule has 1 aliphatic rings. The largest absolute Gasteiger partial charge is 0.347 e. The van der Waals surface area contributed by atoms with E-state index in [-0.39, 0.29) is 5.60 Å². The zero-order chi connectivity index (χ0) is 12.3. The fraction of sp³-hybridized carbons (Fsp3) is 0.833. The van der Waals surface area contributed by atoms with E-state index in [4.69, 9.17) is 16.3 Å². The second-order valence-corrected chi connectivity index (χ2v) is 8.90. The lowest BCUT2D eigenvalue weighted by Gasteiger charge is -2.43. The minimum atomic E-state index is -1.02. The van der Waals surface area contributed by atoms with Crippen LogP contribution in [-0.4, -0.2) is 23.8 Å². The number of hydrogen-bond acceptors (Lipinski definition) is 3. The molecule has 0 spiro atoms. The lowest BCUT2D eigenvalue weighted by atomic mass is 9.77. The zero-order valence-corrected chi connectivity index (χ0v) is 13.3. The predicted octanol–water partition coefficient (Wildman–Crippen LogP) is 4.09. The van der Waals surface area contributed by atoms with Crippen LogP contribution in [0.15, 0.2) is 12.2 Å². The van der Waals surface area contributed by atoms with Crippen LogP contribution < -0.4 is 0 Å². The Bertz CT molecular complexity index is 293. The molecule has 1 nitrogen and oxygen atoms in total. The molecule has 0 saturated heterocycles. The number of allylic oxidation sites excluding steroid dienone is 1. The smallest absolute Gasteiger partial charge is 0.0821 e. The van der Waals surface area contributed by atoms with E-state index in [9.17, 15) is 0 Å². The monoisotopic (exact) mass is 278 g/mol. The van der Waals surface area contributed by atoms with Crippen molar-refractivity contribution in [3.63, 3.8) is 0 Å². The van der Waals surface area contributed by atoms with Crippen molar-refractivity contribution in [2.75, 3.05) is 12.9 Å². The molecule has 0 aromatic heterocycles. The van der Waals surface area contributed by atoms with Gasteiger partial charge in [0.25, 0.3) is 0 Å². The summed E-state index contributed by atoms with van der Waals surface area (Å²) in [5, 5.41) is 0.561. The van der Waals surface area contributed by atoms with Crippen molar-refractivity contribution in [1.82, 2.24) is 0 Å². The lowest BCUT2D eigenvalue weighted by Crippen LogP contribution is -2.43. The van der Waals surface area contributed by atoms with Gasteiger partial charge in [-0.25, -0.2) is 0 Å². The molecule has 4 heteroatoms. The summed E-state index contributed by atoms with van der Waals surface area (Å²) in [6, 6.07) is 0. The Labute approximate surface area is 110 Å². The standard InChI is InChI=1S/C12H23OPS2/c1-9(2)10-6-7-12(3,13-14(4)15)11(8-10)16-5/h10-11,14H,1,6-8H2,2-5H3/t10-,11+,12+/m1/s1.